The van der Waals surface area contributed by atoms with Crippen molar-refractivity contribution in [3.8, 4) is 0 Å². The maximum Gasteiger partial charge on any atom is 0.417 e. The van der Waals surface area contributed by atoms with Crippen LogP contribution in [-0.4, -0.2) is 16.2 Å². The van der Waals surface area contributed by atoms with E-state index in [1.54, 1.807) is 0 Å². The van der Waals surface area contributed by atoms with Gasteiger partial charge in [-0.25, -0.2) is 0 Å². The molecule has 0 atom stereocenters. The van der Waals surface area contributed by atoms with Gasteiger partial charge in [0.15, 0.2) is 0 Å². The Hall–Kier alpha value is -1.14. The molecule has 0 aromatic carbocycles. The van der Waals surface area contributed by atoms with Gasteiger partial charge in [-0.3, -0.25) is 4.98 Å². The summed E-state index contributed by atoms with van der Waals surface area (Å²) in [5, 5.41) is 9.41. The Bertz CT molecular complexity index is 408. The Morgan fingerprint density at radius 1 is 1.28 bits per heavy atom. The fraction of sp³-hybridized carbons (Fsp3) is 0.583. The lowest BCUT2D eigenvalue weighted by Gasteiger charge is -2.35. The average molecular weight is 260 g/mol. The molecule has 0 amide bonds. The molecule has 0 bridgehead atoms. The van der Waals surface area contributed by atoms with E-state index in [1.807, 2.05) is 0 Å². The molecule has 0 spiro atoms. The van der Waals surface area contributed by atoms with Crippen LogP contribution in [0.25, 0.3) is 0 Å². The van der Waals surface area contributed by atoms with Crippen LogP contribution in [0.15, 0.2) is 18.3 Å². The maximum atomic E-state index is 12.4. The zero-order valence-electron chi connectivity index (χ0n) is 9.74. The number of aliphatic hydroxyl groups excluding tert-OH is 1. The Balaban J connectivity index is 2.19. The number of hydrogen-bond donors (Lipinski definition) is 2. The van der Waals surface area contributed by atoms with Crippen molar-refractivity contribution in [3.63, 3.8) is 0 Å². The first-order valence-electron chi connectivity index (χ1n) is 5.82. The van der Waals surface area contributed by atoms with Gasteiger partial charge in [0.25, 0.3) is 0 Å². The molecule has 1 aliphatic carbocycles. The second kappa shape index (κ2) is 4.51. The van der Waals surface area contributed by atoms with Gasteiger partial charge in [-0.15, -0.1) is 0 Å². The quantitative estimate of drug-likeness (QED) is 0.813. The molecule has 1 aromatic heterocycles. The number of nitrogens with two attached hydrogens (primary N) is 1. The third-order valence-electron chi connectivity index (χ3n) is 3.45. The van der Waals surface area contributed by atoms with Crippen LogP contribution in [-0.2, 0) is 11.7 Å². The Kier molecular flexibility index (Phi) is 3.33. The number of pyridine rings is 1. The van der Waals surface area contributed by atoms with E-state index in [1.165, 1.54) is 6.07 Å². The fourth-order valence-corrected chi connectivity index (χ4v) is 2.23. The van der Waals surface area contributed by atoms with E-state index in [9.17, 15) is 18.3 Å². The van der Waals surface area contributed by atoms with Crippen molar-refractivity contribution in [2.45, 2.75) is 43.5 Å². The normalized spacial score (nSPS) is 29.3. The lowest BCUT2D eigenvalue weighted by molar-refractivity contribution is -0.137. The van der Waals surface area contributed by atoms with Crippen LogP contribution in [0.3, 0.4) is 0 Å². The van der Waals surface area contributed by atoms with E-state index in [-0.39, 0.29) is 6.10 Å². The number of rotatable bonds is 1. The highest BCUT2D eigenvalue weighted by molar-refractivity contribution is 5.22. The van der Waals surface area contributed by atoms with E-state index < -0.39 is 17.3 Å². The summed E-state index contributed by atoms with van der Waals surface area (Å²) in [6.07, 6.45) is -1.75. The highest BCUT2D eigenvalue weighted by Gasteiger charge is 2.35. The summed E-state index contributed by atoms with van der Waals surface area (Å²) in [7, 11) is 0. The largest absolute Gasteiger partial charge is 0.417 e. The lowest BCUT2D eigenvalue weighted by Crippen LogP contribution is -2.42. The maximum absolute atomic E-state index is 12.4. The van der Waals surface area contributed by atoms with Crippen LogP contribution < -0.4 is 5.73 Å². The summed E-state index contributed by atoms with van der Waals surface area (Å²) in [5.74, 6) is 0. The number of aromatic nitrogens is 1. The van der Waals surface area contributed by atoms with E-state index in [2.05, 4.69) is 4.98 Å². The molecule has 100 valence electrons. The molecule has 3 N–H and O–H groups in total. The van der Waals surface area contributed by atoms with Gasteiger partial charge in [0.05, 0.1) is 22.9 Å². The van der Waals surface area contributed by atoms with Gasteiger partial charge in [0.1, 0.15) is 0 Å². The standard InChI is InChI=1S/C12H15F3N2O/c13-12(14,15)8-1-2-10(17-7-8)11(16)5-3-9(18)4-6-11/h1-2,7,9,18H,3-6,16H2. The van der Waals surface area contributed by atoms with Crippen LogP contribution >= 0.6 is 0 Å². The zero-order valence-corrected chi connectivity index (χ0v) is 9.74. The molecule has 1 saturated carbocycles. The Labute approximate surface area is 103 Å². The minimum Gasteiger partial charge on any atom is -0.393 e. The first kappa shape index (κ1) is 13.3. The summed E-state index contributed by atoms with van der Waals surface area (Å²) in [6.45, 7) is 0. The molecule has 0 unspecified atom stereocenters. The lowest BCUT2D eigenvalue weighted by atomic mass is 9.78. The van der Waals surface area contributed by atoms with Gasteiger partial charge in [-0.1, -0.05) is 0 Å². The van der Waals surface area contributed by atoms with Crippen LogP contribution in [0.4, 0.5) is 13.2 Å². The molecule has 1 aliphatic rings. The molecule has 6 heteroatoms. The summed E-state index contributed by atoms with van der Waals surface area (Å²) in [4.78, 5) is 3.84. The van der Waals surface area contributed by atoms with Crippen molar-refractivity contribution < 1.29 is 18.3 Å². The van der Waals surface area contributed by atoms with Crippen LogP contribution in [0, 0.1) is 0 Å². The molecule has 1 aromatic rings. The third kappa shape index (κ3) is 2.64. The summed E-state index contributed by atoms with van der Waals surface area (Å²) >= 11 is 0. The number of hydrogen-bond acceptors (Lipinski definition) is 3. The molecular formula is C12H15F3N2O. The summed E-state index contributed by atoms with van der Waals surface area (Å²) < 4.78 is 37.2. The van der Waals surface area contributed by atoms with Crippen molar-refractivity contribution in [2.24, 2.45) is 5.73 Å². The summed E-state index contributed by atoms with van der Waals surface area (Å²) in [6, 6.07) is 2.34. The second-order valence-corrected chi connectivity index (χ2v) is 4.82. The van der Waals surface area contributed by atoms with Crippen molar-refractivity contribution in [3.05, 3.63) is 29.6 Å². The van der Waals surface area contributed by atoms with Crippen molar-refractivity contribution in [2.75, 3.05) is 0 Å². The van der Waals surface area contributed by atoms with Gasteiger partial charge in [-0.2, -0.15) is 13.2 Å². The molecular weight excluding hydrogens is 245 g/mol. The van der Waals surface area contributed by atoms with Crippen molar-refractivity contribution in [1.29, 1.82) is 0 Å². The summed E-state index contributed by atoms with van der Waals surface area (Å²) in [5.41, 5.74) is 5.12. The number of halogens is 3. The van der Waals surface area contributed by atoms with E-state index in [4.69, 9.17) is 5.73 Å². The molecule has 2 rings (SSSR count). The predicted octanol–water partition coefficient (Wildman–Crippen LogP) is 2.19. The minimum absolute atomic E-state index is 0.365. The highest BCUT2D eigenvalue weighted by Crippen LogP contribution is 2.35. The first-order valence-corrected chi connectivity index (χ1v) is 5.82. The fourth-order valence-electron chi connectivity index (χ4n) is 2.23. The molecule has 0 saturated heterocycles. The molecule has 0 aliphatic heterocycles. The van der Waals surface area contributed by atoms with Gasteiger partial charge in [0.2, 0.25) is 0 Å². The van der Waals surface area contributed by atoms with Crippen LogP contribution in [0.1, 0.15) is 36.9 Å². The third-order valence-corrected chi connectivity index (χ3v) is 3.45. The van der Waals surface area contributed by atoms with E-state index >= 15 is 0 Å². The molecule has 18 heavy (non-hydrogen) atoms. The Morgan fingerprint density at radius 2 is 1.89 bits per heavy atom. The molecule has 1 fully saturated rings. The first-order chi connectivity index (χ1) is 8.31. The smallest absolute Gasteiger partial charge is 0.393 e. The van der Waals surface area contributed by atoms with Gasteiger partial charge in [0, 0.05) is 6.20 Å². The molecule has 3 nitrogen and oxygen atoms in total. The topological polar surface area (TPSA) is 59.1 Å². The highest BCUT2D eigenvalue weighted by atomic mass is 19.4. The second-order valence-electron chi connectivity index (χ2n) is 4.82. The minimum atomic E-state index is -4.38. The Morgan fingerprint density at radius 3 is 2.33 bits per heavy atom. The van der Waals surface area contributed by atoms with Crippen LogP contribution in [0.2, 0.25) is 0 Å². The van der Waals surface area contributed by atoms with Gasteiger partial charge in [-0.05, 0) is 37.8 Å². The SMILES string of the molecule is NC1(c2ccc(C(F)(F)F)cn2)CCC(O)CC1. The van der Waals surface area contributed by atoms with E-state index in [0.717, 1.165) is 12.3 Å². The average Bonchev–Trinajstić information content (AvgIpc) is 2.32. The van der Waals surface area contributed by atoms with Crippen molar-refractivity contribution >= 4 is 0 Å². The van der Waals surface area contributed by atoms with Gasteiger partial charge < -0.3 is 10.8 Å². The van der Waals surface area contributed by atoms with Gasteiger partial charge >= 0.3 is 6.18 Å². The van der Waals surface area contributed by atoms with Crippen molar-refractivity contribution in [1.82, 2.24) is 4.98 Å². The number of nitrogens with zero attached hydrogens (tertiary/aromatic N) is 1. The molecule has 0 radical (unpaired) electrons. The number of alkyl halides is 3. The predicted molar refractivity (Wildman–Crippen MR) is 59.6 cm³/mol. The number of aliphatic hydroxyl groups is 1. The monoisotopic (exact) mass is 260 g/mol. The van der Waals surface area contributed by atoms with E-state index in [0.29, 0.717) is 31.4 Å². The molecule has 1 heterocycles. The zero-order chi connectivity index (χ0) is 13.4. The van der Waals surface area contributed by atoms with Crippen LogP contribution in [0.5, 0.6) is 0 Å².